The molecular weight excluding hydrogens is 475 g/mol. The van der Waals surface area contributed by atoms with Crippen molar-refractivity contribution in [1.82, 2.24) is 0 Å². The number of anilines is 2. The summed E-state index contributed by atoms with van der Waals surface area (Å²) in [7, 11) is 0. The van der Waals surface area contributed by atoms with Crippen molar-refractivity contribution >= 4 is 51.5 Å². The average Bonchev–Trinajstić information content (AvgIpc) is 2.68. The molecule has 2 N–H and O–H groups in total. The monoisotopic (exact) mass is 492 g/mol. The van der Waals surface area contributed by atoms with Crippen LogP contribution >= 0.6 is 34.2 Å². The third kappa shape index (κ3) is 6.15. The summed E-state index contributed by atoms with van der Waals surface area (Å²) in [6.45, 7) is 0.528. The first-order valence-electron chi connectivity index (χ1n) is 8.36. The molecule has 0 spiro atoms. The zero-order valence-corrected chi connectivity index (χ0v) is 17.3. The van der Waals surface area contributed by atoms with Gasteiger partial charge in [-0.2, -0.15) is 0 Å². The van der Waals surface area contributed by atoms with Crippen molar-refractivity contribution in [2.75, 3.05) is 17.2 Å². The van der Waals surface area contributed by atoms with E-state index in [1.165, 1.54) is 0 Å². The molecule has 3 rings (SSSR count). The maximum absolute atomic E-state index is 12.1. The fraction of sp³-hybridized carbons (Fsp3) is 0.0952. The van der Waals surface area contributed by atoms with Crippen molar-refractivity contribution < 1.29 is 9.53 Å². The summed E-state index contributed by atoms with van der Waals surface area (Å²) < 4.78 is 6.84. The van der Waals surface area contributed by atoms with E-state index >= 15 is 0 Å². The van der Waals surface area contributed by atoms with Crippen LogP contribution in [0.3, 0.4) is 0 Å². The van der Waals surface area contributed by atoms with Crippen LogP contribution in [0.25, 0.3) is 0 Å². The van der Waals surface area contributed by atoms with Gasteiger partial charge in [-0.25, -0.2) is 0 Å². The van der Waals surface area contributed by atoms with Crippen molar-refractivity contribution in [1.29, 1.82) is 0 Å². The summed E-state index contributed by atoms with van der Waals surface area (Å²) in [6.07, 6.45) is 0. The highest BCUT2D eigenvalue weighted by Gasteiger charge is 2.07. The van der Waals surface area contributed by atoms with Crippen LogP contribution < -0.4 is 15.4 Å². The van der Waals surface area contributed by atoms with Crippen LogP contribution in [-0.2, 0) is 11.3 Å². The van der Waals surface area contributed by atoms with Crippen LogP contribution in [0.5, 0.6) is 5.75 Å². The quantitative estimate of drug-likeness (QED) is 0.424. The normalized spacial score (nSPS) is 10.3. The molecule has 3 aromatic carbocycles. The standard InChI is InChI=1S/C21H18ClIN2O2/c22-16-5-9-18(10-6-16)24-13-15-3-1-2-4-20(15)27-14-21(26)25-19-11-7-17(23)8-12-19/h1-12,24H,13-14H2,(H,25,26). The third-order valence-electron chi connectivity index (χ3n) is 3.79. The van der Waals surface area contributed by atoms with E-state index in [0.717, 1.165) is 20.5 Å². The number of hydrogen-bond acceptors (Lipinski definition) is 3. The molecular formula is C21H18ClIN2O2. The van der Waals surface area contributed by atoms with Crippen LogP contribution in [0.4, 0.5) is 11.4 Å². The molecule has 0 fully saturated rings. The highest BCUT2D eigenvalue weighted by atomic mass is 127. The van der Waals surface area contributed by atoms with E-state index < -0.39 is 0 Å². The second-order valence-corrected chi connectivity index (χ2v) is 7.49. The lowest BCUT2D eigenvalue weighted by Gasteiger charge is -2.13. The maximum atomic E-state index is 12.1. The lowest BCUT2D eigenvalue weighted by atomic mass is 10.2. The number of benzene rings is 3. The van der Waals surface area contributed by atoms with Gasteiger partial charge in [0.1, 0.15) is 5.75 Å². The van der Waals surface area contributed by atoms with E-state index in [1.54, 1.807) is 0 Å². The molecule has 0 aliphatic rings. The number of ether oxygens (including phenoxy) is 1. The van der Waals surface area contributed by atoms with E-state index in [4.69, 9.17) is 16.3 Å². The second-order valence-electron chi connectivity index (χ2n) is 5.81. The van der Waals surface area contributed by atoms with E-state index in [-0.39, 0.29) is 12.5 Å². The number of carbonyl (C=O) groups is 1. The highest BCUT2D eigenvalue weighted by Crippen LogP contribution is 2.21. The molecule has 0 saturated heterocycles. The first-order valence-corrected chi connectivity index (χ1v) is 9.81. The minimum absolute atomic E-state index is 0.0516. The van der Waals surface area contributed by atoms with Gasteiger partial charge < -0.3 is 15.4 Å². The lowest BCUT2D eigenvalue weighted by molar-refractivity contribution is -0.118. The lowest BCUT2D eigenvalue weighted by Crippen LogP contribution is -2.20. The van der Waals surface area contributed by atoms with Crippen molar-refractivity contribution in [3.63, 3.8) is 0 Å². The number of para-hydroxylation sites is 1. The largest absolute Gasteiger partial charge is 0.483 e. The number of hydrogen-bond donors (Lipinski definition) is 2. The molecule has 4 nitrogen and oxygen atoms in total. The summed E-state index contributed by atoms with van der Waals surface area (Å²) >= 11 is 8.13. The Labute approximate surface area is 177 Å². The van der Waals surface area contributed by atoms with Gasteiger partial charge >= 0.3 is 0 Å². The van der Waals surface area contributed by atoms with Gasteiger partial charge in [0.2, 0.25) is 0 Å². The van der Waals surface area contributed by atoms with Gasteiger partial charge in [-0.15, -0.1) is 0 Å². The molecule has 0 bridgehead atoms. The van der Waals surface area contributed by atoms with Crippen LogP contribution in [0.15, 0.2) is 72.8 Å². The Balaban J connectivity index is 1.56. The molecule has 0 radical (unpaired) electrons. The summed E-state index contributed by atoms with van der Waals surface area (Å²) in [5, 5.41) is 6.85. The van der Waals surface area contributed by atoms with Crippen LogP contribution in [0.1, 0.15) is 5.56 Å². The number of halogens is 2. The molecule has 1 amide bonds. The van der Waals surface area contributed by atoms with Gasteiger partial charge in [-0.05, 0) is 77.2 Å². The fourth-order valence-electron chi connectivity index (χ4n) is 2.43. The van der Waals surface area contributed by atoms with Crippen molar-refractivity contribution in [3.8, 4) is 5.75 Å². The molecule has 6 heteroatoms. The van der Waals surface area contributed by atoms with E-state index in [9.17, 15) is 4.79 Å². The summed E-state index contributed by atoms with van der Waals surface area (Å²) in [5.41, 5.74) is 2.68. The van der Waals surface area contributed by atoms with Crippen molar-refractivity contribution in [2.45, 2.75) is 6.54 Å². The average molecular weight is 493 g/mol. The molecule has 138 valence electrons. The zero-order chi connectivity index (χ0) is 19.1. The van der Waals surface area contributed by atoms with Gasteiger partial charge in [0.15, 0.2) is 6.61 Å². The molecule has 0 heterocycles. The predicted molar refractivity (Wildman–Crippen MR) is 119 cm³/mol. The Bertz CT molecular complexity index is 899. The molecule has 3 aromatic rings. The van der Waals surface area contributed by atoms with E-state index in [1.807, 2.05) is 72.8 Å². The van der Waals surface area contributed by atoms with Crippen LogP contribution in [-0.4, -0.2) is 12.5 Å². The van der Waals surface area contributed by atoms with E-state index in [2.05, 4.69) is 33.2 Å². The topological polar surface area (TPSA) is 50.4 Å². The molecule has 0 aromatic heterocycles. The number of amides is 1. The Morgan fingerprint density at radius 2 is 1.59 bits per heavy atom. The maximum Gasteiger partial charge on any atom is 0.262 e. The predicted octanol–water partition coefficient (Wildman–Crippen LogP) is 5.57. The minimum atomic E-state index is -0.198. The highest BCUT2D eigenvalue weighted by molar-refractivity contribution is 14.1. The third-order valence-corrected chi connectivity index (χ3v) is 4.76. The molecule has 0 aliphatic heterocycles. The Kier molecular flexibility index (Phi) is 6.95. The summed E-state index contributed by atoms with van der Waals surface area (Å²) in [6, 6.07) is 22.8. The molecule has 0 saturated carbocycles. The van der Waals surface area contributed by atoms with Gasteiger partial charge in [-0.1, -0.05) is 29.8 Å². The summed E-state index contributed by atoms with van der Waals surface area (Å²) in [4.78, 5) is 12.1. The molecule has 0 atom stereocenters. The Morgan fingerprint density at radius 3 is 2.33 bits per heavy atom. The van der Waals surface area contributed by atoms with E-state index in [0.29, 0.717) is 17.3 Å². The second kappa shape index (κ2) is 9.62. The summed E-state index contributed by atoms with van der Waals surface area (Å²) in [5.74, 6) is 0.480. The van der Waals surface area contributed by atoms with Gasteiger partial charge in [0, 0.05) is 32.1 Å². The molecule has 0 aliphatic carbocycles. The Morgan fingerprint density at radius 1 is 0.926 bits per heavy atom. The van der Waals surface area contributed by atoms with Gasteiger partial charge in [0.05, 0.1) is 0 Å². The minimum Gasteiger partial charge on any atom is -0.483 e. The van der Waals surface area contributed by atoms with Gasteiger partial charge in [0.25, 0.3) is 5.91 Å². The Hall–Kier alpha value is -2.25. The van der Waals surface area contributed by atoms with Crippen LogP contribution in [0.2, 0.25) is 5.02 Å². The number of nitrogens with one attached hydrogen (secondary N) is 2. The molecule has 0 unspecified atom stereocenters. The number of rotatable bonds is 7. The first kappa shape index (κ1) is 19.5. The molecule has 27 heavy (non-hydrogen) atoms. The zero-order valence-electron chi connectivity index (χ0n) is 14.4. The smallest absolute Gasteiger partial charge is 0.262 e. The first-order chi connectivity index (χ1) is 13.1. The van der Waals surface area contributed by atoms with Crippen LogP contribution in [0, 0.1) is 3.57 Å². The fourth-order valence-corrected chi connectivity index (χ4v) is 2.91. The SMILES string of the molecule is O=C(COc1ccccc1CNc1ccc(Cl)cc1)Nc1ccc(I)cc1. The van der Waals surface area contributed by atoms with Crippen molar-refractivity contribution in [3.05, 3.63) is 87.0 Å². The van der Waals surface area contributed by atoms with Crippen molar-refractivity contribution in [2.24, 2.45) is 0 Å². The van der Waals surface area contributed by atoms with Gasteiger partial charge in [-0.3, -0.25) is 4.79 Å². The number of carbonyl (C=O) groups excluding carboxylic acids is 1.